The van der Waals surface area contributed by atoms with E-state index >= 15 is 0 Å². The zero-order valence-electron chi connectivity index (χ0n) is 7.38. The minimum atomic E-state index is 0.433. The van der Waals surface area contributed by atoms with E-state index in [1.165, 1.54) is 12.8 Å². The minimum absolute atomic E-state index is 0.433. The number of hydrogen-bond donors (Lipinski definition) is 1. The molecule has 70 valence electrons. The Hall–Kier alpha value is -0.520. The van der Waals surface area contributed by atoms with Crippen LogP contribution in [0.2, 0.25) is 0 Å². The van der Waals surface area contributed by atoms with Crippen LogP contribution < -0.4 is 10.1 Å². The van der Waals surface area contributed by atoms with Crippen LogP contribution in [0.1, 0.15) is 12.8 Å². The molecular formula is C9H11IN2O. The highest BCUT2D eigenvalue weighted by Crippen LogP contribution is 2.32. The second-order valence-electron chi connectivity index (χ2n) is 3.07. The molecule has 0 bridgehead atoms. The monoisotopic (exact) mass is 290 g/mol. The van der Waals surface area contributed by atoms with Crippen molar-refractivity contribution in [2.24, 2.45) is 0 Å². The molecule has 1 saturated carbocycles. The lowest BCUT2D eigenvalue weighted by molar-refractivity contribution is 0.300. The average Bonchev–Trinajstić information content (AvgIpc) is 2.92. The number of rotatable bonds is 3. The van der Waals surface area contributed by atoms with E-state index in [9.17, 15) is 0 Å². The van der Waals surface area contributed by atoms with Gasteiger partial charge in [0.2, 0.25) is 0 Å². The average molecular weight is 290 g/mol. The van der Waals surface area contributed by atoms with Crippen molar-refractivity contribution in [3.63, 3.8) is 0 Å². The SMILES string of the molecule is CNc1cncc(OC2CC2)c1I. The number of aromatic nitrogens is 1. The number of nitrogens with zero attached hydrogens (tertiary/aromatic N) is 1. The van der Waals surface area contributed by atoms with Gasteiger partial charge in [-0.2, -0.15) is 0 Å². The molecule has 0 atom stereocenters. The summed E-state index contributed by atoms with van der Waals surface area (Å²) in [6.07, 6.45) is 6.38. The van der Waals surface area contributed by atoms with Gasteiger partial charge in [-0.1, -0.05) is 0 Å². The van der Waals surface area contributed by atoms with Crippen LogP contribution in [0.5, 0.6) is 5.75 Å². The Labute approximate surface area is 91.0 Å². The van der Waals surface area contributed by atoms with Gasteiger partial charge in [-0.05, 0) is 35.4 Å². The second-order valence-corrected chi connectivity index (χ2v) is 4.15. The Kier molecular flexibility index (Phi) is 2.57. The smallest absolute Gasteiger partial charge is 0.153 e. The summed E-state index contributed by atoms with van der Waals surface area (Å²) in [5, 5.41) is 3.08. The molecule has 0 amide bonds. The third kappa shape index (κ3) is 2.04. The topological polar surface area (TPSA) is 34.2 Å². The van der Waals surface area contributed by atoms with Crippen molar-refractivity contribution in [1.29, 1.82) is 0 Å². The fraction of sp³-hybridized carbons (Fsp3) is 0.444. The van der Waals surface area contributed by atoms with E-state index in [1.807, 2.05) is 13.2 Å². The van der Waals surface area contributed by atoms with Gasteiger partial charge in [0, 0.05) is 7.05 Å². The summed E-state index contributed by atoms with van der Waals surface area (Å²) in [5.41, 5.74) is 1.03. The van der Waals surface area contributed by atoms with Crippen LogP contribution in [-0.2, 0) is 0 Å². The van der Waals surface area contributed by atoms with E-state index in [2.05, 4.69) is 32.9 Å². The summed E-state index contributed by atoms with van der Waals surface area (Å²) < 4.78 is 6.80. The van der Waals surface area contributed by atoms with Gasteiger partial charge in [0.15, 0.2) is 5.75 Å². The highest BCUT2D eigenvalue weighted by Gasteiger charge is 2.24. The molecule has 4 heteroatoms. The van der Waals surface area contributed by atoms with Gasteiger partial charge in [0.05, 0.1) is 27.8 Å². The maximum Gasteiger partial charge on any atom is 0.153 e. The molecule has 1 N–H and O–H groups in total. The van der Waals surface area contributed by atoms with Crippen LogP contribution in [0.3, 0.4) is 0 Å². The van der Waals surface area contributed by atoms with E-state index in [4.69, 9.17) is 4.74 Å². The molecule has 3 nitrogen and oxygen atoms in total. The van der Waals surface area contributed by atoms with Crippen molar-refractivity contribution >= 4 is 28.3 Å². The number of ether oxygens (including phenoxy) is 1. The van der Waals surface area contributed by atoms with Crippen LogP contribution in [0.4, 0.5) is 5.69 Å². The molecule has 1 aliphatic rings. The van der Waals surface area contributed by atoms with Gasteiger partial charge < -0.3 is 10.1 Å². The standard InChI is InChI=1S/C9H11IN2O/c1-11-7-4-12-5-8(9(7)10)13-6-2-3-6/h4-6,11H,2-3H2,1H3. The second kappa shape index (κ2) is 3.69. The lowest BCUT2D eigenvalue weighted by Gasteiger charge is -2.09. The molecule has 1 aromatic rings. The molecule has 0 aromatic carbocycles. The third-order valence-corrected chi connectivity index (χ3v) is 3.05. The Balaban J connectivity index is 2.22. The van der Waals surface area contributed by atoms with Crippen LogP contribution >= 0.6 is 22.6 Å². The minimum Gasteiger partial charge on any atom is -0.488 e. The van der Waals surface area contributed by atoms with Gasteiger partial charge in [-0.15, -0.1) is 0 Å². The van der Waals surface area contributed by atoms with Crippen molar-refractivity contribution in [3.8, 4) is 5.75 Å². The van der Waals surface area contributed by atoms with Gasteiger partial charge in [-0.25, -0.2) is 0 Å². The van der Waals surface area contributed by atoms with E-state index in [0.29, 0.717) is 6.10 Å². The van der Waals surface area contributed by atoms with E-state index in [0.717, 1.165) is 15.0 Å². The molecule has 0 unspecified atom stereocenters. The van der Waals surface area contributed by atoms with Gasteiger partial charge in [0.1, 0.15) is 0 Å². The Morgan fingerprint density at radius 3 is 2.92 bits per heavy atom. The molecule has 1 aliphatic carbocycles. The summed E-state index contributed by atoms with van der Waals surface area (Å²) >= 11 is 2.27. The predicted molar refractivity (Wildman–Crippen MR) is 60.2 cm³/mol. The zero-order chi connectivity index (χ0) is 9.26. The lowest BCUT2D eigenvalue weighted by Crippen LogP contribution is -2.01. The largest absolute Gasteiger partial charge is 0.488 e. The predicted octanol–water partition coefficient (Wildman–Crippen LogP) is 2.27. The molecule has 1 fully saturated rings. The lowest BCUT2D eigenvalue weighted by atomic mass is 10.4. The van der Waals surface area contributed by atoms with Crippen LogP contribution in [0.15, 0.2) is 12.4 Å². The molecule has 1 heterocycles. The van der Waals surface area contributed by atoms with Crippen LogP contribution in [-0.4, -0.2) is 18.1 Å². The first-order chi connectivity index (χ1) is 6.31. The summed E-state index contributed by atoms with van der Waals surface area (Å²) in [5.74, 6) is 0.898. The maximum atomic E-state index is 5.69. The number of hydrogen-bond acceptors (Lipinski definition) is 3. The van der Waals surface area contributed by atoms with Crippen molar-refractivity contribution in [3.05, 3.63) is 16.0 Å². The first-order valence-corrected chi connectivity index (χ1v) is 5.37. The van der Waals surface area contributed by atoms with Crippen molar-refractivity contribution in [2.75, 3.05) is 12.4 Å². The number of anilines is 1. The Bertz CT molecular complexity index is 312. The number of nitrogens with one attached hydrogen (secondary N) is 1. The van der Waals surface area contributed by atoms with E-state index < -0.39 is 0 Å². The molecule has 0 aliphatic heterocycles. The first kappa shape index (κ1) is 9.05. The highest BCUT2D eigenvalue weighted by molar-refractivity contribution is 14.1. The normalized spacial score (nSPS) is 15.5. The fourth-order valence-electron chi connectivity index (χ4n) is 1.05. The Morgan fingerprint density at radius 2 is 2.31 bits per heavy atom. The summed E-state index contributed by atoms with van der Waals surface area (Å²) in [6, 6.07) is 0. The van der Waals surface area contributed by atoms with Gasteiger partial charge in [0.25, 0.3) is 0 Å². The molecule has 0 spiro atoms. The molecule has 0 saturated heterocycles. The first-order valence-electron chi connectivity index (χ1n) is 4.29. The summed E-state index contributed by atoms with van der Waals surface area (Å²) in [4.78, 5) is 4.10. The van der Waals surface area contributed by atoms with Crippen LogP contribution in [0.25, 0.3) is 0 Å². The maximum absolute atomic E-state index is 5.69. The molecule has 0 radical (unpaired) electrons. The van der Waals surface area contributed by atoms with Crippen molar-refractivity contribution in [1.82, 2.24) is 4.98 Å². The third-order valence-electron chi connectivity index (χ3n) is 1.94. The van der Waals surface area contributed by atoms with Gasteiger partial charge >= 0.3 is 0 Å². The van der Waals surface area contributed by atoms with Crippen molar-refractivity contribution < 1.29 is 4.74 Å². The molecular weight excluding hydrogens is 279 g/mol. The Morgan fingerprint density at radius 1 is 1.54 bits per heavy atom. The number of pyridine rings is 1. The zero-order valence-corrected chi connectivity index (χ0v) is 9.54. The molecule has 13 heavy (non-hydrogen) atoms. The summed E-state index contributed by atoms with van der Waals surface area (Å²) in [6.45, 7) is 0. The van der Waals surface area contributed by atoms with Gasteiger partial charge in [-0.3, -0.25) is 4.98 Å². The highest BCUT2D eigenvalue weighted by atomic mass is 127. The van der Waals surface area contributed by atoms with Crippen molar-refractivity contribution in [2.45, 2.75) is 18.9 Å². The molecule has 1 aromatic heterocycles. The fourth-order valence-corrected chi connectivity index (χ4v) is 1.72. The van der Waals surface area contributed by atoms with E-state index in [-0.39, 0.29) is 0 Å². The summed E-state index contributed by atoms with van der Waals surface area (Å²) in [7, 11) is 1.89. The quantitative estimate of drug-likeness (QED) is 0.867. The number of halogens is 1. The van der Waals surface area contributed by atoms with E-state index in [1.54, 1.807) is 6.20 Å². The van der Waals surface area contributed by atoms with Crippen LogP contribution in [0, 0.1) is 3.57 Å². The molecule has 2 rings (SSSR count).